The smallest absolute Gasteiger partial charge is 0.251 e. The zero-order chi connectivity index (χ0) is 18.1. The molecule has 2 saturated carbocycles. The molecule has 0 spiro atoms. The highest BCUT2D eigenvalue weighted by Crippen LogP contribution is 2.60. The quantitative estimate of drug-likeness (QED) is 0.812. The molecular weight excluding hydrogens is 350 g/mol. The third kappa shape index (κ3) is 3.92. The SMILES string of the molecule is CCC(NC(=O)c1ccc(Cl)cc1)[C@H]1[C@@H]2C[C@@H](OC3CCOCC3)C[C@@H]21. The topological polar surface area (TPSA) is 47.6 Å². The van der Waals surface area contributed by atoms with Crippen LogP contribution in [-0.4, -0.2) is 37.4 Å². The van der Waals surface area contributed by atoms with E-state index in [2.05, 4.69) is 12.2 Å². The number of halogens is 1. The van der Waals surface area contributed by atoms with Crippen LogP contribution in [-0.2, 0) is 9.47 Å². The third-order valence-electron chi connectivity index (χ3n) is 6.35. The fraction of sp³-hybridized carbons (Fsp3) is 0.667. The Hall–Kier alpha value is -1.10. The number of hydrogen-bond acceptors (Lipinski definition) is 3. The van der Waals surface area contributed by atoms with Crippen molar-refractivity contribution in [3.8, 4) is 0 Å². The number of nitrogens with one attached hydrogen (secondary N) is 1. The van der Waals surface area contributed by atoms with Crippen LogP contribution in [0.4, 0.5) is 0 Å². The summed E-state index contributed by atoms with van der Waals surface area (Å²) in [5.41, 5.74) is 0.680. The summed E-state index contributed by atoms with van der Waals surface area (Å²) in [5.74, 6) is 2.06. The maximum Gasteiger partial charge on any atom is 0.251 e. The van der Waals surface area contributed by atoms with Gasteiger partial charge in [-0.25, -0.2) is 0 Å². The molecule has 0 radical (unpaired) electrons. The lowest BCUT2D eigenvalue weighted by molar-refractivity contribution is -0.0704. The van der Waals surface area contributed by atoms with Crippen molar-refractivity contribution in [3.05, 3.63) is 34.9 Å². The summed E-state index contributed by atoms with van der Waals surface area (Å²) < 4.78 is 11.7. The van der Waals surface area contributed by atoms with Crippen molar-refractivity contribution in [1.82, 2.24) is 5.32 Å². The standard InChI is InChI=1S/C21H28ClNO3/c1-2-19(23-21(24)13-3-5-14(22)6-4-13)20-17-11-16(12-18(17)20)26-15-7-9-25-10-8-15/h3-6,15-20H,2,7-12H2,1H3,(H,23,24)/t16-,17-,18+,19?,20+. The van der Waals surface area contributed by atoms with Gasteiger partial charge in [0, 0.05) is 29.8 Å². The van der Waals surface area contributed by atoms with Gasteiger partial charge in [-0.05, 0) is 74.1 Å². The van der Waals surface area contributed by atoms with Gasteiger partial charge in [-0.2, -0.15) is 0 Å². The van der Waals surface area contributed by atoms with Crippen molar-refractivity contribution in [2.75, 3.05) is 13.2 Å². The summed E-state index contributed by atoms with van der Waals surface area (Å²) in [6.45, 7) is 3.83. The minimum absolute atomic E-state index is 0.00787. The molecule has 1 heterocycles. The number of rotatable bonds is 6. The summed E-state index contributed by atoms with van der Waals surface area (Å²) in [6, 6.07) is 7.37. The Morgan fingerprint density at radius 2 is 1.85 bits per heavy atom. The molecule has 2 aliphatic carbocycles. The predicted octanol–water partition coefficient (Wildman–Crippen LogP) is 4.07. The first-order valence-corrected chi connectivity index (χ1v) is 10.3. The molecule has 0 bridgehead atoms. The highest BCUT2D eigenvalue weighted by atomic mass is 35.5. The van der Waals surface area contributed by atoms with E-state index in [4.69, 9.17) is 21.1 Å². The molecule has 5 heteroatoms. The highest BCUT2D eigenvalue weighted by Gasteiger charge is 2.59. The Bertz CT molecular complexity index is 617. The molecule has 4 nitrogen and oxygen atoms in total. The molecule has 1 amide bonds. The van der Waals surface area contributed by atoms with Crippen molar-refractivity contribution >= 4 is 17.5 Å². The van der Waals surface area contributed by atoms with Gasteiger partial charge in [0.2, 0.25) is 0 Å². The van der Waals surface area contributed by atoms with Gasteiger partial charge < -0.3 is 14.8 Å². The molecule has 26 heavy (non-hydrogen) atoms. The number of carbonyl (C=O) groups excluding carboxylic acids is 1. The average Bonchev–Trinajstić information content (AvgIpc) is 3.15. The number of carbonyl (C=O) groups is 1. The van der Waals surface area contributed by atoms with Crippen molar-refractivity contribution < 1.29 is 14.3 Å². The van der Waals surface area contributed by atoms with Crippen LogP contribution in [0.2, 0.25) is 5.02 Å². The first kappa shape index (κ1) is 18.3. The van der Waals surface area contributed by atoms with Gasteiger partial charge in [-0.1, -0.05) is 18.5 Å². The van der Waals surface area contributed by atoms with Gasteiger partial charge in [-0.15, -0.1) is 0 Å². The largest absolute Gasteiger partial charge is 0.381 e. The van der Waals surface area contributed by atoms with Crippen molar-refractivity contribution in [2.45, 2.75) is 57.3 Å². The summed E-state index contributed by atoms with van der Waals surface area (Å²) in [5, 5.41) is 3.90. The van der Waals surface area contributed by atoms with Gasteiger partial charge in [0.05, 0.1) is 12.2 Å². The lowest BCUT2D eigenvalue weighted by Crippen LogP contribution is -2.38. The molecule has 1 aromatic rings. The highest BCUT2D eigenvalue weighted by molar-refractivity contribution is 6.30. The van der Waals surface area contributed by atoms with Crippen LogP contribution in [0, 0.1) is 17.8 Å². The Morgan fingerprint density at radius 3 is 2.46 bits per heavy atom. The maximum atomic E-state index is 12.5. The Kier molecular flexibility index (Phi) is 5.53. The van der Waals surface area contributed by atoms with E-state index in [0.29, 0.717) is 28.7 Å². The Labute approximate surface area is 160 Å². The number of ether oxygens (including phenoxy) is 2. The van der Waals surface area contributed by atoms with E-state index in [1.54, 1.807) is 24.3 Å². The lowest BCUT2D eigenvalue weighted by atomic mass is 9.99. The van der Waals surface area contributed by atoms with Gasteiger partial charge in [0.25, 0.3) is 5.91 Å². The number of amides is 1. The summed E-state index contributed by atoms with van der Waals surface area (Å²) in [4.78, 5) is 12.5. The molecular formula is C21H28ClNO3. The maximum absolute atomic E-state index is 12.5. The zero-order valence-electron chi connectivity index (χ0n) is 15.3. The molecule has 1 unspecified atom stereocenters. The molecule has 1 aliphatic heterocycles. The van der Waals surface area contributed by atoms with Gasteiger partial charge in [0.1, 0.15) is 0 Å². The second kappa shape index (κ2) is 7.87. The van der Waals surface area contributed by atoms with Gasteiger partial charge in [-0.3, -0.25) is 4.79 Å². The van der Waals surface area contributed by atoms with Gasteiger partial charge in [0.15, 0.2) is 0 Å². The minimum Gasteiger partial charge on any atom is -0.381 e. The van der Waals surface area contributed by atoms with Crippen molar-refractivity contribution in [1.29, 1.82) is 0 Å². The van der Waals surface area contributed by atoms with E-state index in [0.717, 1.165) is 57.2 Å². The molecule has 0 aromatic heterocycles. The van der Waals surface area contributed by atoms with E-state index < -0.39 is 0 Å². The number of hydrogen-bond donors (Lipinski definition) is 1. The van der Waals surface area contributed by atoms with Crippen LogP contribution in [0.25, 0.3) is 0 Å². The molecule has 1 saturated heterocycles. The summed E-state index contributed by atoms with van der Waals surface area (Å²) in [7, 11) is 0. The zero-order valence-corrected chi connectivity index (χ0v) is 16.1. The molecule has 142 valence electrons. The fourth-order valence-electron chi connectivity index (χ4n) is 4.96. The van der Waals surface area contributed by atoms with E-state index in [9.17, 15) is 4.79 Å². The minimum atomic E-state index is 0.00787. The van der Waals surface area contributed by atoms with Crippen LogP contribution in [0.1, 0.15) is 49.4 Å². The summed E-state index contributed by atoms with van der Waals surface area (Å²) in [6.07, 6.45) is 6.14. The van der Waals surface area contributed by atoms with Gasteiger partial charge >= 0.3 is 0 Å². The fourth-order valence-corrected chi connectivity index (χ4v) is 5.08. The Balaban J connectivity index is 1.27. The lowest BCUT2D eigenvalue weighted by Gasteiger charge is -2.27. The molecule has 1 N–H and O–H groups in total. The first-order valence-electron chi connectivity index (χ1n) is 9.95. The molecule has 1 aromatic carbocycles. The van der Waals surface area contributed by atoms with E-state index in [1.165, 1.54) is 0 Å². The van der Waals surface area contributed by atoms with E-state index in [1.807, 2.05) is 0 Å². The van der Waals surface area contributed by atoms with Crippen LogP contribution >= 0.6 is 11.6 Å². The monoisotopic (exact) mass is 377 g/mol. The molecule has 5 atom stereocenters. The third-order valence-corrected chi connectivity index (χ3v) is 6.60. The van der Waals surface area contributed by atoms with Crippen LogP contribution in [0.3, 0.4) is 0 Å². The van der Waals surface area contributed by atoms with Crippen LogP contribution in [0.15, 0.2) is 24.3 Å². The van der Waals surface area contributed by atoms with Crippen molar-refractivity contribution in [3.63, 3.8) is 0 Å². The van der Waals surface area contributed by atoms with E-state index in [-0.39, 0.29) is 11.9 Å². The first-order chi connectivity index (χ1) is 12.7. The number of benzene rings is 1. The van der Waals surface area contributed by atoms with Crippen LogP contribution < -0.4 is 5.32 Å². The molecule has 3 aliphatic rings. The average molecular weight is 378 g/mol. The van der Waals surface area contributed by atoms with E-state index >= 15 is 0 Å². The Morgan fingerprint density at radius 1 is 1.19 bits per heavy atom. The normalized spacial score (nSPS) is 32.1. The summed E-state index contributed by atoms with van der Waals surface area (Å²) >= 11 is 5.91. The van der Waals surface area contributed by atoms with Crippen LogP contribution in [0.5, 0.6) is 0 Å². The number of fused-ring (bicyclic) bond motifs is 1. The molecule has 3 fully saturated rings. The second-order valence-corrected chi connectivity index (χ2v) is 8.38. The molecule has 4 rings (SSSR count). The van der Waals surface area contributed by atoms with Crippen molar-refractivity contribution in [2.24, 2.45) is 17.8 Å². The second-order valence-electron chi connectivity index (χ2n) is 7.94. The predicted molar refractivity (Wildman–Crippen MR) is 101 cm³/mol.